The molecule has 1 atom stereocenters. The number of benzene rings is 2. The molecule has 11 heteroatoms. The molecule has 5 rings (SSSR count). The van der Waals surface area contributed by atoms with E-state index < -0.39 is 17.6 Å². The third-order valence-corrected chi connectivity index (χ3v) is 6.55. The maximum Gasteiger partial charge on any atom is 0.276 e. The number of hydrogen-bond donors (Lipinski definition) is 2. The van der Waals surface area contributed by atoms with E-state index in [9.17, 15) is 9.90 Å². The molecule has 206 valence electrons. The van der Waals surface area contributed by atoms with E-state index in [0.29, 0.717) is 23.4 Å². The van der Waals surface area contributed by atoms with E-state index in [2.05, 4.69) is 26.8 Å². The number of aromatic nitrogens is 5. The van der Waals surface area contributed by atoms with Crippen molar-refractivity contribution in [1.29, 1.82) is 0 Å². The van der Waals surface area contributed by atoms with Crippen molar-refractivity contribution in [3.63, 3.8) is 0 Å². The second kappa shape index (κ2) is 11.6. The number of carbonyl (C=O) groups is 1. The summed E-state index contributed by atoms with van der Waals surface area (Å²) in [4.78, 5) is 26.9. The average molecular weight is 561 g/mol. The van der Waals surface area contributed by atoms with Crippen molar-refractivity contribution < 1.29 is 19.5 Å². The van der Waals surface area contributed by atoms with E-state index in [1.54, 1.807) is 29.1 Å². The number of aliphatic hydroxyl groups is 1. The van der Waals surface area contributed by atoms with Crippen LogP contribution in [0.1, 0.15) is 36.7 Å². The molecule has 2 N–H and O–H groups in total. The quantitative estimate of drug-likeness (QED) is 0.150. The Bertz CT molecular complexity index is 1670. The summed E-state index contributed by atoms with van der Waals surface area (Å²) in [6.07, 6.45) is 0.836. The standard InChI is InChI=1S/C29H29ClN6O4/c1-29(2,3)28(38)39-13-14-40-34-27(37)21-8-7-20(16-22(21)30)24-10-11-25-26(32-24)36(35-33-25)17-18-6-9-23-19(15-18)5-4-12-31-23/h4-12,15-16,28,38H,13-14,17H2,1-3H3,(H,34,37). The first-order valence-corrected chi connectivity index (χ1v) is 13.1. The van der Waals surface area contributed by atoms with E-state index in [-0.39, 0.29) is 23.8 Å². The van der Waals surface area contributed by atoms with Crippen LogP contribution in [0.3, 0.4) is 0 Å². The molecular formula is C29H29ClN6O4. The lowest BCUT2D eigenvalue weighted by Gasteiger charge is -2.25. The Hall–Kier alpha value is -3.96. The molecule has 0 spiro atoms. The highest BCUT2D eigenvalue weighted by Crippen LogP contribution is 2.26. The number of nitrogens with one attached hydrogen (secondary N) is 1. The molecule has 0 aliphatic carbocycles. The number of halogens is 1. The van der Waals surface area contributed by atoms with Gasteiger partial charge in [-0.05, 0) is 48.0 Å². The van der Waals surface area contributed by atoms with Crippen molar-refractivity contribution in [2.24, 2.45) is 5.41 Å². The number of pyridine rings is 2. The number of hydrogen-bond acceptors (Lipinski definition) is 8. The van der Waals surface area contributed by atoms with Crippen molar-refractivity contribution in [2.75, 3.05) is 13.2 Å². The molecule has 0 radical (unpaired) electrons. The van der Waals surface area contributed by atoms with E-state index in [4.69, 9.17) is 26.2 Å². The normalized spacial score (nSPS) is 12.6. The lowest BCUT2D eigenvalue weighted by atomic mass is 9.96. The highest BCUT2D eigenvalue weighted by molar-refractivity contribution is 6.34. The number of rotatable bonds is 9. The summed E-state index contributed by atoms with van der Waals surface area (Å²) >= 11 is 6.45. The summed E-state index contributed by atoms with van der Waals surface area (Å²) in [6, 6.07) is 18.8. The fourth-order valence-corrected chi connectivity index (χ4v) is 4.27. The van der Waals surface area contributed by atoms with Crippen LogP contribution in [0.25, 0.3) is 33.3 Å². The second-order valence-corrected chi connectivity index (χ2v) is 10.8. The maximum atomic E-state index is 12.6. The molecule has 0 fully saturated rings. The molecule has 3 heterocycles. The van der Waals surface area contributed by atoms with Crippen molar-refractivity contribution >= 4 is 39.6 Å². The molecule has 3 aromatic heterocycles. The summed E-state index contributed by atoms with van der Waals surface area (Å²) in [5.41, 5.74) is 6.87. The number of aliphatic hydroxyl groups excluding tert-OH is 1. The molecule has 2 aromatic carbocycles. The predicted octanol–water partition coefficient (Wildman–Crippen LogP) is 4.79. The molecular weight excluding hydrogens is 532 g/mol. The Kier molecular flexibility index (Phi) is 8.04. The lowest BCUT2D eigenvalue weighted by molar-refractivity contribution is -0.168. The minimum absolute atomic E-state index is 0.0658. The van der Waals surface area contributed by atoms with Gasteiger partial charge < -0.3 is 9.84 Å². The molecule has 10 nitrogen and oxygen atoms in total. The Morgan fingerprint density at radius 2 is 1.90 bits per heavy atom. The van der Waals surface area contributed by atoms with E-state index in [1.165, 1.54) is 0 Å². The van der Waals surface area contributed by atoms with Gasteiger partial charge in [-0.15, -0.1) is 5.10 Å². The van der Waals surface area contributed by atoms with Crippen LogP contribution < -0.4 is 5.48 Å². The van der Waals surface area contributed by atoms with Gasteiger partial charge in [0.1, 0.15) is 5.52 Å². The second-order valence-electron chi connectivity index (χ2n) is 10.4. The maximum absolute atomic E-state index is 12.6. The molecule has 0 saturated carbocycles. The molecule has 0 aliphatic rings. The molecule has 5 aromatic rings. The number of fused-ring (bicyclic) bond motifs is 2. The summed E-state index contributed by atoms with van der Waals surface area (Å²) in [5, 5.41) is 19.7. The summed E-state index contributed by atoms with van der Waals surface area (Å²) in [7, 11) is 0. The first-order chi connectivity index (χ1) is 19.2. The van der Waals surface area contributed by atoms with Crippen LogP contribution >= 0.6 is 11.6 Å². The minimum atomic E-state index is -0.938. The molecule has 0 aliphatic heterocycles. The van der Waals surface area contributed by atoms with Crippen LogP contribution in [-0.4, -0.2) is 55.5 Å². The molecule has 40 heavy (non-hydrogen) atoms. The van der Waals surface area contributed by atoms with Crippen LogP contribution in [0, 0.1) is 5.41 Å². The SMILES string of the molecule is CC(C)(C)C(O)OCCONC(=O)c1ccc(-c2ccc3nnn(Cc4ccc5ncccc5c4)c3n2)cc1Cl. The van der Waals surface area contributed by atoms with E-state index >= 15 is 0 Å². The Morgan fingerprint density at radius 3 is 2.70 bits per heavy atom. The van der Waals surface area contributed by atoms with Gasteiger partial charge in [0.05, 0.1) is 41.6 Å². The average Bonchev–Trinajstić information content (AvgIpc) is 3.33. The Balaban J connectivity index is 1.26. The highest BCUT2D eigenvalue weighted by atomic mass is 35.5. The summed E-state index contributed by atoms with van der Waals surface area (Å²) < 4.78 is 7.05. The zero-order valence-corrected chi connectivity index (χ0v) is 23.1. The zero-order valence-electron chi connectivity index (χ0n) is 22.3. The molecule has 1 unspecified atom stereocenters. The number of hydroxylamine groups is 1. The van der Waals surface area contributed by atoms with Gasteiger partial charge in [-0.2, -0.15) is 0 Å². The number of nitrogens with zero attached hydrogens (tertiary/aromatic N) is 5. The first-order valence-electron chi connectivity index (χ1n) is 12.7. The zero-order chi connectivity index (χ0) is 28.3. The van der Waals surface area contributed by atoms with Crippen molar-refractivity contribution in [2.45, 2.75) is 33.6 Å². The van der Waals surface area contributed by atoms with Gasteiger partial charge >= 0.3 is 0 Å². The molecule has 1 amide bonds. The van der Waals surface area contributed by atoms with Gasteiger partial charge in [0.2, 0.25) is 0 Å². The largest absolute Gasteiger partial charge is 0.368 e. The fourth-order valence-electron chi connectivity index (χ4n) is 4.00. The van der Waals surface area contributed by atoms with Crippen LogP contribution in [0.2, 0.25) is 5.02 Å². The van der Waals surface area contributed by atoms with Crippen molar-refractivity contribution in [3.05, 3.63) is 83.0 Å². The van der Waals surface area contributed by atoms with E-state index in [1.807, 2.05) is 57.2 Å². The van der Waals surface area contributed by atoms with Crippen molar-refractivity contribution in [1.82, 2.24) is 30.4 Å². The van der Waals surface area contributed by atoms with Crippen LogP contribution in [0.4, 0.5) is 0 Å². The minimum Gasteiger partial charge on any atom is -0.368 e. The number of carbonyl (C=O) groups excluding carboxylic acids is 1. The van der Waals surface area contributed by atoms with Crippen LogP contribution in [-0.2, 0) is 16.1 Å². The van der Waals surface area contributed by atoms with Crippen LogP contribution in [0.15, 0.2) is 66.9 Å². The monoisotopic (exact) mass is 560 g/mol. The van der Waals surface area contributed by atoms with Gasteiger partial charge in [0.25, 0.3) is 5.91 Å². The Morgan fingerprint density at radius 1 is 1.07 bits per heavy atom. The van der Waals surface area contributed by atoms with Gasteiger partial charge in [-0.3, -0.25) is 14.6 Å². The van der Waals surface area contributed by atoms with E-state index in [0.717, 1.165) is 22.0 Å². The van der Waals surface area contributed by atoms with Gasteiger partial charge in [0, 0.05) is 22.6 Å². The third kappa shape index (κ3) is 6.26. The fraction of sp³-hybridized carbons (Fsp3) is 0.276. The summed E-state index contributed by atoms with van der Waals surface area (Å²) in [5.74, 6) is -0.496. The van der Waals surface area contributed by atoms with Crippen LogP contribution in [0.5, 0.6) is 0 Å². The summed E-state index contributed by atoms with van der Waals surface area (Å²) in [6.45, 7) is 6.25. The van der Waals surface area contributed by atoms with Gasteiger partial charge in [-0.25, -0.2) is 15.1 Å². The van der Waals surface area contributed by atoms with Crippen molar-refractivity contribution in [3.8, 4) is 11.3 Å². The topological polar surface area (TPSA) is 124 Å². The van der Waals surface area contributed by atoms with Gasteiger partial charge in [-0.1, -0.05) is 55.8 Å². The Labute approximate surface area is 235 Å². The predicted molar refractivity (Wildman–Crippen MR) is 151 cm³/mol. The molecule has 0 saturated heterocycles. The first kappa shape index (κ1) is 27.6. The number of ether oxygens (including phenoxy) is 1. The third-order valence-electron chi connectivity index (χ3n) is 6.24. The molecule has 0 bridgehead atoms. The lowest BCUT2D eigenvalue weighted by Crippen LogP contribution is -2.31. The number of amides is 1. The highest BCUT2D eigenvalue weighted by Gasteiger charge is 2.22. The smallest absolute Gasteiger partial charge is 0.276 e. The van der Waals surface area contributed by atoms with Gasteiger partial charge in [0.15, 0.2) is 11.9 Å².